The van der Waals surface area contributed by atoms with Crippen molar-refractivity contribution in [3.8, 4) is 28.5 Å². The summed E-state index contributed by atoms with van der Waals surface area (Å²) in [5.74, 6) is 0.979. The van der Waals surface area contributed by atoms with Gasteiger partial charge in [-0.25, -0.2) is 9.78 Å². The molecule has 0 spiro atoms. The summed E-state index contributed by atoms with van der Waals surface area (Å²) in [6.07, 6.45) is 1.85. The highest BCUT2D eigenvalue weighted by molar-refractivity contribution is 5.92. The van der Waals surface area contributed by atoms with E-state index in [0.717, 1.165) is 0 Å². The number of nitrogens with one attached hydrogen (secondary N) is 1. The fraction of sp³-hybridized carbons (Fsp3) is 0.192. The molecule has 1 N–H and O–H groups in total. The lowest BCUT2D eigenvalue weighted by atomic mass is 10.1. The van der Waals surface area contributed by atoms with Crippen molar-refractivity contribution in [2.45, 2.75) is 6.92 Å². The molecule has 0 aliphatic rings. The quantitative estimate of drug-likeness (QED) is 0.284. The molecule has 2 heterocycles. The molecule has 0 aliphatic heterocycles. The summed E-state index contributed by atoms with van der Waals surface area (Å²) in [4.78, 5) is 29.5. The Bertz CT molecular complexity index is 1340. The number of pyridine rings is 1. The predicted octanol–water partition coefficient (Wildman–Crippen LogP) is 4.21. The maximum atomic E-state index is 12.8. The van der Waals surface area contributed by atoms with Crippen molar-refractivity contribution in [3.63, 3.8) is 0 Å². The van der Waals surface area contributed by atoms with Crippen LogP contribution in [0.2, 0.25) is 0 Å². The van der Waals surface area contributed by atoms with Gasteiger partial charge in [0.05, 0.1) is 26.4 Å². The van der Waals surface area contributed by atoms with Crippen molar-refractivity contribution < 1.29 is 28.5 Å². The van der Waals surface area contributed by atoms with Gasteiger partial charge in [-0.3, -0.25) is 9.20 Å². The first kappa shape index (κ1) is 23.6. The largest absolute Gasteiger partial charge is 0.497 e. The number of hydrogen-bond acceptors (Lipinski definition) is 8. The second-order valence-corrected chi connectivity index (χ2v) is 7.42. The second-order valence-electron chi connectivity index (χ2n) is 7.42. The maximum Gasteiger partial charge on any atom is 0.343 e. The van der Waals surface area contributed by atoms with Gasteiger partial charge in [-0.2, -0.15) is 0 Å². The van der Waals surface area contributed by atoms with Crippen LogP contribution >= 0.6 is 0 Å². The number of methoxy groups -OCH3 is 2. The second kappa shape index (κ2) is 10.6. The number of ether oxygens (including phenoxy) is 4. The zero-order chi connectivity index (χ0) is 24.8. The summed E-state index contributed by atoms with van der Waals surface area (Å²) < 4.78 is 23.0. The highest BCUT2D eigenvalue weighted by Gasteiger charge is 2.17. The molecular weight excluding hydrogens is 450 g/mol. The van der Waals surface area contributed by atoms with E-state index in [1.165, 1.54) is 14.2 Å². The number of esters is 2. The molecule has 0 saturated carbocycles. The number of carbonyl (C=O) groups excluding carboxylic acids is 2. The molecule has 0 atom stereocenters. The third-order valence-corrected chi connectivity index (χ3v) is 5.14. The molecule has 2 aromatic heterocycles. The van der Waals surface area contributed by atoms with E-state index >= 15 is 0 Å². The van der Waals surface area contributed by atoms with Crippen LogP contribution in [0.1, 0.15) is 17.3 Å². The van der Waals surface area contributed by atoms with E-state index in [-0.39, 0.29) is 18.1 Å². The van der Waals surface area contributed by atoms with Gasteiger partial charge < -0.3 is 24.3 Å². The van der Waals surface area contributed by atoms with Crippen molar-refractivity contribution >= 4 is 23.4 Å². The first-order chi connectivity index (χ1) is 17.0. The maximum absolute atomic E-state index is 12.8. The van der Waals surface area contributed by atoms with E-state index in [0.29, 0.717) is 46.6 Å². The third kappa shape index (κ3) is 5.35. The molecule has 0 unspecified atom stereocenters. The molecule has 2 aromatic carbocycles. The standard InChI is InChI=1S/C26H25N3O6/c1-4-34-23(30)16-27-25-24(28-22-10-5-6-11-29(22)25)17-8-7-9-19(12-17)35-26(31)18-13-20(32-2)15-21(14-18)33-3/h5-15,27H,4,16H2,1-3H3. The molecule has 9 heteroatoms. The fourth-order valence-electron chi connectivity index (χ4n) is 3.53. The number of carbonyl (C=O) groups is 2. The van der Waals surface area contributed by atoms with Gasteiger partial charge in [0, 0.05) is 17.8 Å². The van der Waals surface area contributed by atoms with Gasteiger partial charge in [-0.15, -0.1) is 0 Å². The molecule has 4 aromatic rings. The minimum absolute atomic E-state index is 0.0180. The van der Waals surface area contributed by atoms with Crippen molar-refractivity contribution in [1.82, 2.24) is 9.38 Å². The van der Waals surface area contributed by atoms with E-state index in [4.69, 9.17) is 23.9 Å². The number of nitrogens with zero attached hydrogens (tertiary/aromatic N) is 2. The Kier molecular flexibility index (Phi) is 7.15. The number of benzene rings is 2. The smallest absolute Gasteiger partial charge is 0.343 e. The molecule has 0 radical (unpaired) electrons. The zero-order valence-corrected chi connectivity index (χ0v) is 19.6. The van der Waals surface area contributed by atoms with Gasteiger partial charge >= 0.3 is 11.9 Å². The lowest BCUT2D eigenvalue weighted by Crippen LogP contribution is -2.17. The van der Waals surface area contributed by atoms with E-state index < -0.39 is 5.97 Å². The molecule has 35 heavy (non-hydrogen) atoms. The van der Waals surface area contributed by atoms with Crippen molar-refractivity contribution in [2.24, 2.45) is 0 Å². The number of anilines is 1. The highest BCUT2D eigenvalue weighted by Crippen LogP contribution is 2.31. The summed E-state index contributed by atoms with van der Waals surface area (Å²) in [7, 11) is 3.02. The van der Waals surface area contributed by atoms with Gasteiger partial charge in [-0.05, 0) is 43.3 Å². The predicted molar refractivity (Wildman–Crippen MR) is 130 cm³/mol. The molecule has 0 fully saturated rings. The van der Waals surface area contributed by atoms with E-state index in [9.17, 15) is 9.59 Å². The Balaban J connectivity index is 1.64. The van der Waals surface area contributed by atoms with Gasteiger partial charge in [0.25, 0.3) is 0 Å². The van der Waals surface area contributed by atoms with Crippen LogP contribution in [0, 0.1) is 0 Å². The van der Waals surface area contributed by atoms with Crippen LogP contribution in [0.4, 0.5) is 5.82 Å². The van der Waals surface area contributed by atoms with Crippen LogP contribution in [-0.4, -0.2) is 48.7 Å². The molecule has 4 rings (SSSR count). The minimum atomic E-state index is -0.560. The summed E-state index contributed by atoms with van der Waals surface area (Å²) in [5, 5.41) is 3.12. The lowest BCUT2D eigenvalue weighted by Gasteiger charge is -2.10. The van der Waals surface area contributed by atoms with Crippen molar-refractivity contribution in [3.05, 3.63) is 72.4 Å². The van der Waals surface area contributed by atoms with E-state index in [2.05, 4.69) is 5.32 Å². The molecule has 9 nitrogen and oxygen atoms in total. The van der Waals surface area contributed by atoms with Crippen LogP contribution in [0.5, 0.6) is 17.2 Å². The van der Waals surface area contributed by atoms with Crippen LogP contribution in [0.3, 0.4) is 0 Å². The first-order valence-corrected chi connectivity index (χ1v) is 10.9. The van der Waals surface area contributed by atoms with Crippen LogP contribution in [-0.2, 0) is 9.53 Å². The van der Waals surface area contributed by atoms with Crippen LogP contribution in [0.25, 0.3) is 16.9 Å². The number of aromatic nitrogens is 2. The summed E-state index contributed by atoms with van der Waals surface area (Å²) >= 11 is 0. The summed E-state index contributed by atoms with van der Waals surface area (Å²) in [6.45, 7) is 2.04. The highest BCUT2D eigenvalue weighted by atomic mass is 16.5. The van der Waals surface area contributed by atoms with Crippen LogP contribution in [0.15, 0.2) is 66.9 Å². The van der Waals surface area contributed by atoms with Gasteiger partial charge in [0.2, 0.25) is 0 Å². The van der Waals surface area contributed by atoms with Gasteiger partial charge in [0.15, 0.2) is 0 Å². The first-order valence-electron chi connectivity index (χ1n) is 10.9. The number of hydrogen-bond donors (Lipinski definition) is 1. The topological polar surface area (TPSA) is 100 Å². The average Bonchev–Trinajstić information content (AvgIpc) is 3.26. The van der Waals surface area contributed by atoms with E-state index in [1.54, 1.807) is 43.3 Å². The average molecular weight is 476 g/mol. The van der Waals surface area contributed by atoms with Gasteiger partial charge in [0.1, 0.15) is 41.0 Å². The zero-order valence-electron chi connectivity index (χ0n) is 19.6. The van der Waals surface area contributed by atoms with Crippen molar-refractivity contribution in [1.29, 1.82) is 0 Å². The Morgan fingerprint density at radius 1 is 0.943 bits per heavy atom. The monoisotopic (exact) mass is 475 g/mol. The number of imidazole rings is 1. The fourth-order valence-corrected chi connectivity index (χ4v) is 3.53. The molecule has 0 aliphatic carbocycles. The Labute approximate surface area is 202 Å². The number of rotatable bonds is 9. The molecule has 0 bridgehead atoms. The normalized spacial score (nSPS) is 10.6. The minimum Gasteiger partial charge on any atom is -0.497 e. The SMILES string of the molecule is CCOC(=O)CNc1c(-c2cccc(OC(=O)c3cc(OC)cc(OC)c3)c2)nc2ccccn12. The third-order valence-electron chi connectivity index (χ3n) is 5.14. The molecular formula is C26H25N3O6. The van der Waals surface area contributed by atoms with Gasteiger partial charge in [-0.1, -0.05) is 18.2 Å². The number of fused-ring (bicyclic) bond motifs is 1. The molecule has 0 saturated heterocycles. The summed E-state index contributed by atoms with van der Waals surface area (Å²) in [6, 6.07) is 17.4. The van der Waals surface area contributed by atoms with E-state index in [1.807, 2.05) is 34.9 Å². The lowest BCUT2D eigenvalue weighted by molar-refractivity contribution is -0.140. The Morgan fingerprint density at radius 2 is 1.71 bits per heavy atom. The Hall–Kier alpha value is -4.53. The molecule has 0 amide bonds. The summed E-state index contributed by atoms with van der Waals surface area (Å²) in [5.41, 5.74) is 2.28. The Morgan fingerprint density at radius 3 is 2.43 bits per heavy atom. The molecule has 180 valence electrons. The van der Waals surface area contributed by atoms with Crippen LogP contribution < -0.4 is 19.5 Å². The van der Waals surface area contributed by atoms with Crippen molar-refractivity contribution in [2.75, 3.05) is 32.7 Å².